The minimum Gasteiger partial charge on any atom is -0.444 e. The summed E-state index contributed by atoms with van der Waals surface area (Å²) < 4.78 is 5.19. The Morgan fingerprint density at radius 2 is 1.64 bits per heavy atom. The third kappa shape index (κ3) is 5.72. The fourth-order valence-corrected chi connectivity index (χ4v) is 2.97. The second-order valence-corrected chi connectivity index (χ2v) is 7.59. The number of hydroxylamine groups is 2. The second-order valence-electron chi connectivity index (χ2n) is 7.59. The predicted molar refractivity (Wildman–Crippen MR) is 86.9 cm³/mol. The lowest BCUT2D eigenvalue weighted by Gasteiger charge is -2.28. The van der Waals surface area contributed by atoms with Gasteiger partial charge in [-0.25, -0.2) is 9.59 Å². The SMILES string of the molecule is CC(C)(C)OC(=O)NCC1CCC(C(=O)ON2C(=O)CCC2=O)CC1. The van der Waals surface area contributed by atoms with Gasteiger partial charge in [-0.15, -0.1) is 5.06 Å². The van der Waals surface area contributed by atoms with Gasteiger partial charge in [0.05, 0.1) is 5.92 Å². The molecule has 2 rings (SSSR count). The zero-order valence-electron chi connectivity index (χ0n) is 15.0. The summed E-state index contributed by atoms with van der Waals surface area (Å²) in [6, 6.07) is 0. The molecule has 1 aliphatic heterocycles. The van der Waals surface area contributed by atoms with E-state index in [1.807, 2.05) is 0 Å². The van der Waals surface area contributed by atoms with Crippen LogP contribution in [0.15, 0.2) is 0 Å². The first-order valence-corrected chi connectivity index (χ1v) is 8.70. The van der Waals surface area contributed by atoms with E-state index in [-0.39, 0.29) is 24.7 Å². The maximum atomic E-state index is 12.1. The average molecular weight is 354 g/mol. The average Bonchev–Trinajstić information content (AvgIpc) is 2.83. The number of hydrogen-bond acceptors (Lipinski definition) is 6. The molecule has 1 saturated carbocycles. The van der Waals surface area contributed by atoms with Crippen molar-refractivity contribution in [3.8, 4) is 0 Å². The Balaban J connectivity index is 1.70. The van der Waals surface area contributed by atoms with Crippen molar-refractivity contribution in [2.45, 2.75) is 64.9 Å². The smallest absolute Gasteiger partial charge is 0.407 e. The van der Waals surface area contributed by atoms with E-state index in [4.69, 9.17) is 9.57 Å². The monoisotopic (exact) mass is 354 g/mol. The van der Waals surface area contributed by atoms with Gasteiger partial charge in [-0.1, -0.05) is 0 Å². The van der Waals surface area contributed by atoms with E-state index in [0.717, 1.165) is 12.8 Å². The van der Waals surface area contributed by atoms with Gasteiger partial charge in [-0.2, -0.15) is 0 Å². The van der Waals surface area contributed by atoms with Crippen LogP contribution in [0.4, 0.5) is 4.79 Å². The highest BCUT2D eigenvalue weighted by molar-refractivity contribution is 6.01. The summed E-state index contributed by atoms with van der Waals surface area (Å²) in [5.74, 6) is -1.50. The first-order valence-electron chi connectivity index (χ1n) is 8.70. The fraction of sp³-hybridized carbons (Fsp3) is 0.765. The van der Waals surface area contributed by atoms with E-state index in [0.29, 0.717) is 24.4 Å². The van der Waals surface area contributed by atoms with Crippen molar-refractivity contribution in [3.63, 3.8) is 0 Å². The van der Waals surface area contributed by atoms with Crippen LogP contribution in [0.25, 0.3) is 0 Å². The molecule has 2 fully saturated rings. The van der Waals surface area contributed by atoms with Gasteiger partial charge >= 0.3 is 12.1 Å². The molecule has 0 bridgehead atoms. The van der Waals surface area contributed by atoms with Crippen LogP contribution >= 0.6 is 0 Å². The van der Waals surface area contributed by atoms with E-state index in [2.05, 4.69) is 5.32 Å². The number of rotatable bonds is 4. The molecule has 8 nitrogen and oxygen atoms in total. The number of carbonyl (C=O) groups excluding carboxylic acids is 4. The third-order valence-corrected chi connectivity index (χ3v) is 4.30. The lowest BCUT2D eigenvalue weighted by molar-refractivity contribution is -0.201. The van der Waals surface area contributed by atoms with Gasteiger partial charge in [-0.3, -0.25) is 9.59 Å². The molecule has 0 radical (unpaired) electrons. The minimum atomic E-state index is -0.532. The van der Waals surface area contributed by atoms with Gasteiger partial charge in [0.1, 0.15) is 5.60 Å². The zero-order chi connectivity index (χ0) is 18.6. The Labute approximate surface area is 147 Å². The van der Waals surface area contributed by atoms with Crippen molar-refractivity contribution in [1.29, 1.82) is 0 Å². The van der Waals surface area contributed by atoms with Crippen molar-refractivity contribution in [2.24, 2.45) is 11.8 Å². The molecule has 1 N–H and O–H groups in total. The molecule has 0 aromatic rings. The van der Waals surface area contributed by atoms with Gasteiger partial charge in [0.25, 0.3) is 11.8 Å². The highest BCUT2D eigenvalue weighted by Crippen LogP contribution is 2.30. The van der Waals surface area contributed by atoms with Crippen LogP contribution < -0.4 is 5.32 Å². The summed E-state index contributed by atoms with van der Waals surface area (Å²) in [6.45, 7) is 5.91. The molecular weight excluding hydrogens is 328 g/mol. The molecule has 25 heavy (non-hydrogen) atoms. The summed E-state index contributed by atoms with van der Waals surface area (Å²) in [7, 11) is 0. The Hall–Kier alpha value is -2.12. The molecule has 0 atom stereocenters. The fourth-order valence-electron chi connectivity index (χ4n) is 2.97. The molecule has 0 unspecified atom stereocenters. The molecule has 0 aromatic heterocycles. The molecule has 0 spiro atoms. The lowest BCUT2D eigenvalue weighted by atomic mass is 9.82. The maximum Gasteiger partial charge on any atom is 0.407 e. The third-order valence-electron chi connectivity index (χ3n) is 4.30. The van der Waals surface area contributed by atoms with Gasteiger partial charge in [0.15, 0.2) is 0 Å². The van der Waals surface area contributed by atoms with Crippen molar-refractivity contribution in [2.75, 3.05) is 6.54 Å². The summed E-state index contributed by atoms with van der Waals surface area (Å²) in [5.41, 5.74) is -0.532. The Bertz CT molecular complexity index is 530. The predicted octanol–water partition coefficient (Wildman–Crippen LogP) is 1.92. The van der Waals surface area contributed by atoms with Crippen LogP contribution in [0.3, 0.4) is 0 Å². The molecule has 0 aromatic carbocycles. The van der Waals surface area contributed by atoms with Crippen LogP contribution in [-0.2, 0) is 24.0 Å². The summed E-state index contributed by atoms with van der Waals surface area (Å²) in [4.78, 5) is 51.7. The summed E-state index contributed by atoms with van der Waals surface area (Å²) >= 11 is 0. The number of carbonyl (C=O) groups is 4. The molecule has 1 heterocycles. The zero-order valence-corrected chi connectivity index (χ0v) is 15.0. The molecule has 8 heteroatoms. The topological polar surface area (TPSA) is 102 Å². The molecule has 140 valence electrons. The van der Waals surface area contributed by atoms with Gasteiger partial charge in [-0.05, 0) is 52.4 Å². The number of nitrogens with one attached hydrogen (secondary N) is 1. The van der Waals surface area contributed by atoms with E-state index in [9.17, 15) is 19.2 Å². The lowest BCUT2D eigenvalue weighted by Crippen LogP contribution is -2.38. The quantitative estimate of drug-likeness (QED) is 0.774. The number of alkyl carbamates (subject to hydrolysis) is 1. The minimum absolute atomic E-state index is 0.0924. The van der Waals surface area contributed by atoms with Crippen LogP contribution in [0.5, 0.6) is 0 Å². The van der Waals surface area contributed by atoms with Gasteiger partial charge < -0.3 is 14.9 Å². The highest BCUT2D eigenvalue weighted by Gasteiger charge is 2.36. The molecule has 1 aliphatic carbocycles. The maximum absolute atomic E-state index is 12.1. The van der Waals surface area contributed by atoms with Crippen molar-refractivity contribution < 1.29 is 28.8 Å². The van der Waals surface area contributed by atoms with Crippen LogP contribution in [0.2, 0.25) is 0 Å². The highest BCUT2D eigenvalue weighted by atomic mass is 16.7. The number of imide groups is 1. The number of ether oxygens (including phenoxy) is 1. The van der Waals surface area contributed by atoms with Gasteiger partial charge in [0.2, 0.25) is 0 Å². The van der Waals surface area contributed by atoms with Crippen LogP contribution in [0.1, 0.15) is 59.3 Å². The van der Waals surface area contributed by atoms with Crippen LogP contribution in [-0.4, -0.2) is 41.1 Å². The Morgan fingerprint density at radius 1 is 1.08 bits per heavy atom. The molecular formula is C17H26N2O6. The standard InChI is InChI=1S/C17H26N2O6/c1-17(2,3)24-16(23)18-10-11-4-6-12(7-5-11)15(22)25-19-13(20)8-9-14(19)21/h11-12H,4-10H2,1-3H3,(H,18,23). The van der Waals surface area contributed by atoms with Crippen molar-refractivity contribution >= 4 is 23.9 Å². The number of amides is 3. The molecule has 3 amide bonds. The summed E-state index contributed by atoms with van der Waals surface area (Å²) in [6.07, 6.45) is 2.48. The second kappa shape index (κ2) is 7.84. The van der Waals surface area contributed by atoms with E-state index >= 15 is 0 Å². The molecule has 1 saturated heterocycles. The van der Waals surface area contributed by atoms with E-state index < -0.39 is 29.5 Å². The Morgan fingerprint density at radius 3 is 2.16 bits per heavy atom. The van der Waals surface area contributed by atoms with E-state index in [1.54, 1.807) is 20.8 Å². The summed E-state index contributed by atoms with van der Waals surface area (Å²) in [5, 5.41) is 3.34. The largest absolute Gasteiger partial charge is 0.444 e. The molecule has 2 aliphatic rings. The normalized spacial score (nSPS) is 24.2. The van der Waals surface area contributed by atoms with E-state index in [1.165, 1.54) is 0 Å². The van der Waals surface area contributed by atoms with Gasteiger partial charge in [0, 0.05) is 19.4 Å². The first kappa shape index (κ1) is 19.2. The number of nitrogens with zero attached hydrogens (tertiary/aromatic N) is 1. The van der Waals surface area contributed by atoms with Crippen molar-refractivity contribution in [3.05, 3.63) is 0 Å². The first-order chi connectivity index (χ1) is 11.7. The number of hydrogen-bond donors (Lipinski definition) is 1. The Kier molecular flexibility index (Phi) is 6.02. The van der Waals surface area contributed by atoms with Crippen LogP contribution in [0, 0.1) is 11.8 Å². The van der Waals surface area contributed by atoms with Crippen molar-refractivity contribution in [1.82, 2.24) is 10.4 Å².